The van der Waals surface area contributed by atoms with Gasteiger partial charge in [-0.05, 0) is 19.4 Å². The number of carbonyl (C=O) groups excluding carboxylic acids is 2. The number of benzene rings is 1. The molecule has 1 aromatic heterocycles. The second-order valence-corrected chi connectivity index (χ2v) is 6.18. The van der Waals surface area contributed by atoms with Gasteiger partial charge >= 0.3 is 24.3 Å². The van der Waals surface area contributed by atoms with Crippen LogP contribution in [0.15, 0.2) is 24.3 Å². The first kappa shape index (κ1) is 25.5. The van der Waals surface area contributed by atoms with Crippen LogP contribution < -0.4 is 0 Å². The summed E-state index contributed by atoms with van der Waals surface area (Å²) in [6.07, 6.45) is -11.2. The molecule has 0 radical (unpaired) electrons. The number of halogens is 6. The van der Waals surface area contributed by atoms with Gasteiger partial charge in [-0.2, -0.15) is 26.3 Å². The van der Waals surface area contributed by atoms with Crippen molar-refractivity contribution < 1.29 is 50.3 Å². The fourth-order valence-electron chi connectivity index (χ4n) is 2.86. The molecule has 0 unspecified atom stereocenters. The van der Waals surface area contributed by atoms with Crippen molar-refractivity contribution in [3.05, 3.63) is 56.9 Å². The molecule has 14 heteroatoms. The molecule has 0 aliphatic heterocycles. The van der Waals surface area contributed by atoms with E-state index in [0.29, 0.717) is 6.07 Å². The van der Waals surface area contributed by atoms with E-state index in [1.165, 1.54) is 13.8 Å². The molecule has 178 valence electrons. The molecule has 0 amide bonds. The average molecular weight is 480 g/mol. The third-order valence-corrected chi connectivity index (χ3v) is 4.04. The summed E-state index contributed by atoms with van der Waals surface area (Å²) in [4.78, 5) is 37.7. The molecular weight excluding hydrogens is 466 g/mol. The maximum Gasteiger partial charge on any atom is 0.434 e. The van der Waals surface area contributed by atoms with Crippen molar-refractivity contribution in [2.75, 3.05) is 13.2 Å². The van der Waals surface area contributed by atoms with Gasteiger partial charge in [-0.25, -0.2) is 14.6 Å². The normalized spacial score (nSPS) is 11.8. The Hall–Kier alpha value is -3.71. The number of carbonyl (C=O) groups is 2. The minimum absolute atomic E-state index is 0.472. The summed E-state index contributed by atoms with van der Waals surface area (Å²) in [5.74, 6) is -3.48. The number of nitro groups is 1. The lowest BCUT2D eigenvalue weighted by molar-refractivity contribution is -0.384. The SMILES string of the molecule is CCOC(=O)c1c(C(F)(F)F)nc(C(F)(F)F)c(C(=O)OCC)c1-c1cccc([N+](=O)[O-])c1. The van der Waals surface area contributed by atoms with Crippen molar-refractivity contribution >= 4 is 17.6 Å². The van der Waals surface area contributed by atoms with E-state index < -0.39 is 81.8 Å². The maximum atomic E-state index is 13.7. The van der Waals surface area contributed by atoms with Gasteiger partial charge in [0.2, 0.25) is 0 Å². The van der Waals surface area contributed by atoms with Gasteiger partial charge in [0, 0.05) is 17.7 Å². The van der Waals surface area contributed by atoms with Crippen LogP contribution in [-0.4, -0.2) is 35.1 Å². The first-order valence-electron chi connectivity index (χ1n) is 9.05. The molecule has 2 aromatic rings. The molecule has 0 fully saturated rings. The smallest absolute Gasteiger partial charge is 0.434 e. The molecule has 2 rings (SSSR count). The van der Waals surface area contributed by atoms with Crippen LogP contribution in [0.3, 0.4) is 0 Å². The van der Waals surface area contributed by atoms with E-state index in [-0.39, 0.29) is 0 Å². The van der Waals surface area contributed by atoms with Crippen molar-refractivity contribution in [2.24, 2.45) is 0 Å². The van der Waals surface area contributed by atoms with E-state index in [1.54, 1.807) is 0 Å². The molecule has 0 atom stereocenters. The van der Waals surface area contributed by atoms with E-state index in [4.69, 9.17) is 0 Å². The van der Waals surface area contributed by atoms with Crippen LogP contribution in [-0.2, 0) is 21.8 Å². The van der Waals surface area contributed by atoms with E-state index in [1.807, 2.05) is 0 Å². The number of ether oxygens (including phenoxy) is 2. The van der Waals surface area contributed by atoms with Gasteiger partial charge in [0.25, 0.3) is 5.69 Å². The number of rotatable bonds is 6. The summed E-state index contributed by atoms with van der Waals surface area (Å²) >= 11 is 0. The van der Waals surface area contributed by atoms with E-state index in [9.17, 15) is 46.0 Å². The average Bonchev–Trinajstić information content (AvgIpc) is 2.71. The largest absolute Gasteiger partial charge is 0.462 e. The Balaban J connectivity index is 3.21. The van der Waals surface area contributed by atoms with E-state index >= 15 is 0 Å². The lowest BCUT2D eigenvalue weighted by Crippen LogP contribution is -2.27. The summed E-state index contributed by atoms with van der Waals surface area (Å²) in [5.41, 5.74) is -10.2. The second-order valence-electron chi connectivity index (χ2n) is 6.18. The zero-order valence-corrected chi connectivity index (χ0v) is 16.8. The molecule has 0 spiro atoms. The quantitative estimate of drug-likeness (QED) is 0.246. The van der Waals surface area contributed by atoms with Gasteiger partial charge in [0.15, 0.2) is 11.4 Å². The number of nitro benzene ring substituents is 1. The Kier molecular flexibility index (Phi) is 7.29. The van der Waals surface area contributed by atoms with Gasteiger partial charge in [-0.1, -0.05) is 12.1 Å². The van der Waals surface area contributed by atoms with Gasteiger partial charge in [-0.3, -0.25) is 10.1 Å². The number of aromatic nitrogens is 1. The second kappa shape index (κ2) is 9.42. The molecule has 1 heterocycles. The zero-order valence-electron chi connectivity index (χ0n) is 16.8. The van der Waals surface area contributed by atoms with Crippen LogP contribution in [0.25, 0.3) is 11.1 Å². The molecule has 0 saturated carbocycles. The van der Waals surface area contributed by atoms with Gasteiger partial charge in [0.1, 0.15) is 0 Å². The number of hydrogen-bond acceptors (Lipinski definition) is 7. The Morgan fingerprint density at radius 2 is 1.39 bits per heavy atom. The topological polar surface area (TPSA) is 109 Å². The predicted octanol–water partition coefficient (Wildman–Crippen LogP) is 5.05. The molecule has 0 aliphatic carbocycles. The van der Waals surface area contributed by atoms with Crippen LogP contribution in [0.4, 0.5) is 32.0 Å². The molecule has 0 aliphatic rings. The lowest BCUT2D eigenvalue weighted by atomic mass is 9.91. The number of alkyl halides is 6. The fourth-order valence-corrected chi connectivity index (χ4v) is 2.86. The summed E-state index contributed by atoms with van der Waals surface area (Å²) in [6, 6.07) is 3.38. The first-order chi connectivity index (χ1) is 15.2. The van der Waals surface area contributed by atoms with Crippen molar-refractivity contribution in [3.63, 3.8) is 0 Å². The number of hydrogen-bond donors (Lipinski definition) is 0. The summed E-state index contributed by atoms with van der Waals surface area (Å²) < 4.78 is 91.6. The van der Waals surface area contributed by atoms with Crippen molar-refractivity contribution in [3.8, 4) is 11.1 Å². The minimum atomic E-state index is -5.59. The summed E-state index contributed by atoms with van der Waals surface area (Å²) in [7, 11) is 0. The molecular formula is C19H14F6N2O6. The van der Waals surface area contributed by atoms with Gasteiger partial charge in [-0.15, -0.1) is 0 Å². The Morgan fingerprint density at radius 3 is 1.76 bits per heavy atom. The van der Waals surface area contributed by atoms with Crippen LogP contribution in [0.5, 0.6) is 0 Å². The van der Waals surface area contributed by atoms with Crippen LogP contribution >= 0.6 is 0 Å². The van der Waals surface area contributed by atoms with Gasteiger partial charge < -0.3 is 9.47 Å². The molecule has 8 nitrogen and oxygen atoms in total. The maximum absolute atomic E-state index is 13.7. The van der Waals surface area contributed by atoms with Crippen LogP contribution in [0.1, 0.15) is 46.0 Å². The van der Waals surface area contributed by atoms with E-state index in [0.717, 1.165) is 18.2 Å². The highest BCUT2D eigenvalue weighted by molar-refractivity contribution is 6.07. The minimum Gasteiger partial charge on any atom is -0.462 e. The highest BCUT2D eigenvalue weighted by Gasteiger charge is 2.47. The van der Waals surface area contributed by atoms with Crippen molar-refractivity contribution in [1.29, 1.82) is 0 Å². The van der Waals surface area contributed by atoms with Crippen molar-refractivity contribution in [2.45, 2.75) is 26.2 Å². The summed E-state index contributed by atoms with van der Waals surface area (Å²) in [5, 5.41) is 11.1. The number of nitrogens with zero attached hydrogens (tertiary/aromatic N) is 2. The standard InChI is InChI=1S/C19H14F6N2O6/c1-3-32-16(28)12-11(9-6-5-7-10(8-9)27(30)31)13(17(29)33-4-2)15(19(23,24)25)26-14(12)18(20,21)22/h5-8H,3-4H2,1-2H3. The lowest BCUT2D eigenvalue weighted by Gasteiger charge is -2.22. The van der Waals surface area contributed by atoms with Crippen LogP contribution in [0.2, 0.25) is 0 Å². The highest BCUT2D eigenvalue weighted by Crippen LogP contribution is 2.43. The van der Waals surface area contributed by atoms with Crippen molar-refractivity contribution in [1.82, 2.24) is 4.98 Å². The molecule has 1 aromatic carbocycles. The fraction of sp³-hybridized carbons (Fsp3) is 0.316. The predicted molar refractivity (Wildman–Crippen MR) is 98.2 cm³/mol. The summed E-state index contributed by atoms with van der Waals surface area (Å²) in [6.45, 7) is 1.50. The molecule has 33 heavy (non-hydrogen) atoms. The Morgan fingerprint density at radius 1 is 0.939 bits per heavy atom. The monoisotopic (exact) mass is 480 g/mol. The number of non-ortho nitro benzene ring substituents is 1. The van der Waals surface area contributed by atoms with Gasteiger partial charge in [0.05, 0.1) is 29.3 Å². The molecule has 0 bridgehead atoms. The Labute approximate surface area is 181 Å². The Bertz CT molecular complexity index is 1040. The third kappa shape index (κ3) is 5.38. The molecule has 0 N–H and O–H groups in total. The number of esters is 2. The number of pyridine rings is 1. The highest BCUT2D eigenvalue weighted by atomic mass is 19.4. The molecule has 0 saturated heterocycles. The van der Waals surface area contributed by atoms with Crippen LogP contribution in [0, 0.1) is 10.1 Å². The van der Waals surface area contributed by atoms with E-state index in [2.05, 4.69) is 14.5 Å². The zero-order chi connectivity index (χ0) is 25.1. The third-order valence-electron chi connectivity index (χ3n) is 4.04. The first-order valence-corrected chi connectivity index (χ1v) is 9.05.